The molecule has 0 radical (unpaired) electrons. The molecular weight excluding hydrogens is 224 g/mol. The van der Waals surface area contributed by atoms with Crippen molar-refractivity contribution < 1.29 is 9.53 Å². The Morgan fingerprint density at radius 3 is 2.56 bits per heavy atom. The van der Waals surface area contributed by atoms with Gasteiger partial charge in [-0.25, -0.2) is 0 Å². The number of methoxy groups -OCH3 is 1. The Hall–Kier alpha value is -1.31. The van der Waals surface area contributed by atoms with E-state index in [0.717, 1.165) is 25.7 Å². The van der Waals surface area contributed by atoms with Crippen molar-refractivity contribution in [3.63, 3.8) is 0 Å². The van der Waals surface area contributed by atoms with Gasteiger partial charge in [-0.05, 0) is 46.5 Å². The molecule has 0 spiro atoms. The fourth-order valence-corrected chi connectivity index (χ4v) is 1.57. The van der Waals surface area contributed by atoms with Crippen LogP contribution in [0.1, 0.15) is 46.5 Å². The van der Waals surface area contributed by atoms with Crippen molar-refractivity contribution in [3.05, 3.63) is 36.0 Å². The average molecular weight is 250 g/mol. The third-order valence-corrected chi connectivity index (χ3v) is 2.76. The molecule has 0 fully saturated rings. The smallest absolute Gasteiger partial charge is 0.312 e. The lowest BCUT2D eigenvalue weighted by Gasteiger charge is -2.02. The number of rotatable bonds is 8. The summed E-state index contributed by atoms with van der Waals surface area (Å²) >= 11 is 0. The molecule has 2 heteroatoms. The van der Waals surface area contributed by atoms with Gasteiger partial charge in [-0.1, -0.05) is 36.0 Å². The summed E-state index contributed by atoms with van der Waals surface area (Å²) in [6.45, 7) is 6.07. The van der Waals surface area contributed by atoms with Crippen molar-refractivity contribution in [2.24, 2.45) is 5.92 Å². The van der Waals surface area contributed by atoms with Crippen molar-refractivity contribution in [2.75, 3.05) is 7.11 Å². The van der Waals surface area contributed by atoms with E-state index in [1.807, 2.05) is 19.9 Å². The number of hydrogen-bond donors (Lipinski definition) is 0. The van der Waals surface area contributed by atoms with Gasteiger partial charge in [0.15, 0.2) is 0 Å². The summed E-state index contributed by atoms with van der Waals surface area (Å²) in [5.74, 6) is -0.320. The standard InChI is InChI=1S/C16H26O2/c1-5-6-8-11-14(2)12-9-7-10-13-15(3)16(17)18-4/h5-6,10,12-13,15H,7-9,11H2,1-4H3. The normalized spacial score (nSPS) is 14.3. The summed E-state index contributed by atoms with van der Waals surface area (Å²) in [4.78, 5) is 11.1. The Morgan fingerprint density at radius 2 is 1.94 bits per heavy atom. The lowest BCUT2D eigenvalue weighted by molar-refractivity contribution is -0.143. The minimum absolute atomic E-state index is 0.144. The number of hydrogen-bond acceptors (Lipinski definition) is 2. The van der Waals surface area contributed by atoms with Crippen LogP contribution in [-0.4, -0.2) is 13.1 Å². The molecule has 0 aliphatic rings. The van der Waals surface area contributed by atoms with Crippen LogP contribution in [0.15, 0.2) is 36.0 Å². The SMILES string of the molecule is CC=CCCC(C)=CCCC=CC(C)C(=O)OC. The van der Waals surface area contributed by atoms with Crippen LogP contribution in [0, 0.1) is 5.92 Å². The van der Waals surface area contributed by atoms with Gasteiger partial charge in [0.25, 0.3) is 0 Å². The van der Waals surface area contributed by atoms with E-state index in [-0.39, 0.29) is 11.9 Å². The maximum absolute atomic E-state index is 11.1. The molecule has 18 heavy (non-hydrogen) atoms. The zero-order chi connectivity index (χ0) is 13.8. The van der Waals surface area contributed by atoms with Crippen LogP contribution in [0.5, 0.6) is 0 Å². The van der Waals surface area contributed by atoms with Gasteiger partial charge in [-0.15, -0.1) is 0 Å². The summed E-state index contributed by atoms with van der Waals surface area (Å²) in [5.41, 5.74) is 1.43. The molecular formula is C16H26O2. The van der Waals surface area contributed by atoms with Crippen LogP contribution in [0.4, 0.5) is 0 Å². The van der Waals surface area contributed by atoms with E-state index in [1.165, 1.54) is 12.7 Å². The minimum Gasteiger partial charge on any atom is -0.469 e. The largest absolute Gasteiger partial charge is 0.469 e. The molecule has 2 nitrogen and oxygen atoms in total. The number of esters is 1. The maximum atomic E-state index is 11.1. The first-order chi connectivity index (χ1) is 8.61. The van der Waals surface area contributed by atoms with Gasteiger partial charge in [0, 0.05) is 0 Å². The molecule has 0 aromatic heterocycles. The third kappa shape index (κ3) is 8.80. The molecule has 0 bridgehead atoms. The van der Waals surface area contributed by atoms with E-state index in [2.05, 4.69) is 36.0 Å². The highest BCUT2D eigenvalue weighted by Gasteiger charge is 2.07. The Morgan fingerprint density at radius 1 is 1.22 bits per heavy atom. The first-order valence-corrected chi connectivity index (χ1v) is 6.63. The van der Waals surface area contributed by atoms with Crippen LogP contribution >= 0.6 is 0 Å². The summed E-state index contributed by atoms with van der Waals surface area (Å²) < 4.78 is 4.65. The quantitative estimate of drug-likeness (QED) is 0.362. The van der Waals surface area contributed by atoms with Crippen molar-refractivity contribution in [1.29, 1.82) is 0 Å². The van der Waals surface area contributed by atoms with Crippen molar-refractivity contribution in [1.82, 2.24) is 0 Å². The molecule has 0 aliphatic carbocycles. The van der Waals surface area contributed by atoms with E-state index >= 15 is 0 Å². The summed E-state index contributed by atoms with van der Waals surface area (Å²) in [7, 11) is 1.42. The summed E-state index contributed by atoms with van der Waals surface area (Å²) in [6, 6.07) is 0. The number of carbonyl (C=O) groups is 1. The molecule has 1 unspecified atom stereocenters. The number of ether oxygens (including phenoxy) is 1. The van der Waals surface area contributed by atoms with Crippen LogP contribution in [0.3, 0.4) is 0 Å². The third-order valence-electron chi connectivity index (χ3n) is 2.76. The predicted octanol–water partition coefficient (Wildman–Crippen LogP) is 4.43. The second-order valence-electron chi connectivity index (χ2n) is 4.48. The molecule has 0 saturated heterocycles. The Balaban J connectivity index is 3.80. The molecule has 0 aliphatic heterocycles. The Bertz CT molecular complexity index is 311. The van der Waals surface area contributed by atoms with Crippen LogP contribution in [0.2, 0.25) is 0 Å². The lowest BCUT2D eigenvalue weighted by atomic mass is 10.1. The van der Waals surface area contributed by atoms with Crippen LogP contribution in [0.25, 0.3) is 0 Å². The molecule has 0 rings (SSSR count). The highest BCUT2D eigenvalue weighted by molar-refractivity contribution is 5.73. The van der Waals surface area contributed by atoms with Gasteiger partial charge in [0.1, 0.15) is 0 Å². The van der Waals surface area contributed by atoms with Gasteiger partial charge in [0.2, 0.25) is 0 Å². The van der Waals surface area contributed by atoms with Gasteiger partial charge >= 0.3 is 5.97 Å². The maximum Gasteiger partial charge on any atom is 0.312 e. The molecule has 1 atom stereocenters. The van der Waals surface area contributed by atoms with E-state index in [1.54, 1.807) is 0 Å². The second-order valence-corrected chi connectivity index (χ2v) is 4.48. The minimum atomic E-state index is -0.177. The fourth-order valence-electron chi connectivity index (χ4n) is 1.57. The van der Waals surface area contributed by atoms with Crippen molar-refractivity contribution in [2.45, 2.75) is 46.5 Å². The zero-order valence-electron chi connectivity index (χ0n) is 12.1. The van der Waals surface area contributed by atoms with Crippen molar-refractivity contribution >= 4 is 5.97 Å². The van der Waals surface area contributed by atoms with E-state index in [4.69, 9.17) is 0 Å². The first-order valence-electron chi connectivity index (χ1n) is 6.63. The lowest BCUT2D eigenvalue weighted by Crippen LogP contribution is -2.09. The predicted molar refractivity (Wildman–Crippen MR) is 77.4 cm³/mol. The monoisotopic (exact) mass is 250 g/mol. The molecule has 0 heterocycles. The number of carbonyl (C=O) groups excluding carboxylic acids is 1. The summed E-state index contributed by atoms with van der Waals surface area (Å²) in [5, 5.41) is 0. The topological polar surface area (TPSA) is 26.3 Å². The highest BCUT2D eigenvalue weighted by atomic mass is 16.5. The Kier molecular flexibility index (Phi) is 10.0. The molecule has 102 valence electrons. The Labute approximate surface area is 111 Å². The van der Waals surface area contributed by atoms with Crippen molar-refractivity contribution in [3.8, 4) is 0 Å². The van der Waals surface area contributed by atoms with Gasteiger partial charge in [-0.2, -0.15) is 0 Å². The second kappa shape index (κ2) is 10.8. The molecule has 0 N–H and O–H groups in total. The van der Waals surface area contributed by atoms with Crippen LogP contribution < -0.4 is 0 Å². The van der Waals surface area contributed by atoms with Gasteiger partial charge in [-0.3, -0.25) is 4.79 Å². The first kappa shape index (κ1) is 16.7. The number of allylic oxidation sites excluding steroid dienone is 5. The molecule has 0 aromatic carbocycles. The summed E-state index contributed by atoms with van der Waals surface area (Å²) in [6.07, 6.45) is 14.8. The average Bonchev–Trinajstić information content (AvgIpc) is 2.37. The fraction of sp³-hybridized carbons (Fsp3) is 0.562. The molecule has 0 amide bonds. The molecule has 0 aromatic rings. The number of unbranched alkanes of at least 4 members (excludes halogenated alkanes) is 1. The van der Waals surface area contributed by atoms with E-state index in [0.29, 0.717) is 0 Å². The van der Waals surface area contributed by atoms with Gasteiger partial charge < -0.3 is 4.74 Å². The highest BCUT2D eigenvalue weighted by Crippen LogP contribution is 2.08. The van der Waals surface area contributed by atoms with Gasteiger partial charge in [0.05, 0.1) is 13.0 Å². The van der Waals surface area contributed by atoms with E-state index in [9.17, 15) is 4.79 Å². The van der Waals surface area contributed by atoms with E-state index < -0.39 is 0 Å². The molecule has 0 saturated carbocycles. The van der Waals surface area contributed by atoms with Crippen LogP contribution in [-0.2, 0) is 9.53 Å². The zero-order valence-corrected chi connectivity index (χ0v) is 12.1.